The minimum absolute atomic E-state index is 0.104. The van der Waals surface area contributed by atoms with E-state index in [0.29, 0.717) is 29.8 Å². The largest absolute Gasteiger partial charge is 0.497 e. The Morgan fingerprint density at radius 3 is 2.71 bits per heavy atom. The van der Waals surface area contributed by atoms with Crippen LogP contribution in [0.5, 0.6) is 5.75 Å². The third-order valence-electron chi connectivity index (χ3n) is 4.21. The van der Waals surface area contributed by atoms with Crippen LogP contribution in [0.3, 0.4) is 0 Å². The van der Waals surface area contributed by atoms with E-state index in [1.807, 2.05) is 12.1 Å². The molecule has 0 aliphatic carbocycles. The van der Waals surface area contributed by atoms with Gasteiger partial charge in [0.1, 0.15) is 5.75 Å². The predicted octanol–water partition coefficient (Wildman–Crippen LogP) is 1.73. The van der Waals surface area contributed by atoms with Crippen LogP contribution < -0.4 is 15.4 Å². The summed E-state index contributed by atoms with van der Waals surface area (Å²) in [6.07, 6.45) is 1.17. The molecule has 6 heteroatoms. The van der Waals surface area contributed by atoms with Gasteiger partial charge in [-0.25, -0.2) is 0 Å². The normalized spacial score (nSPS) is 16.8. The average Bonchev–Trinajstić information content (AvgIpc) is 2.94. The first-order valence-corrected chi connectivity index (χ1v) is 8.33. The van der Waals surface area contributed by atoms with E-state index < -0.39 is 0 Å². The summed E-state index contributed by atoms with van der Waals surface area (Å²) in [6, 6.07) is 7.13. The first kappa shape index (κ1) is 18.1. The van der Waals surface area contributed by atoms with Gasteiger partial charge >= 0.3 is 0 Å². The number of hydrogen-bond donors (Lipinski definition) is 2. The second kappa shape index (κ2) is 8.04. The molecule has 1 aromatic rings. The number of nitrogens with zero attached hydrogens (tertiary/aromatic N) is 2. The topological polar surface area (TPSA) is 66.0 Å². The van der Waals surface area contributed by atoms with Crippen molar-refractivity contribution >= 4 is 11.9 Å². The van der Waals surface area contributed by atoms with E-state index >= 15 is 0 Å². The highest BCUT2D eigenvalue weighted by atomic mass is 16.5. The van der Waals surface area contributed by atoms with Crippen molar-refractivity contribution in [3.63, 3.8) is 0 Å². The number of benzene rings is 1. The first-order valence-electron chi connectivity index (χ1n) is 8.33. The molecule has 0 bridgehead atoms. The van der Waals surface area contributed by atoms with Crippen molar-refractivity contribution < 1.29 is 9.53 Å². The maximum Gasteiger partial charge on any atom is 0.251 e. The van der Waals surface area contributed by atoms with E-state index in [4.69, 9.17) is 4.74 Å². The molecule has 1 aliphatic rings. The molecule has 0 saturated carbocycles. The van der Waals surface area contributed by atoms with E-state index in [1.54, 1.807) is 26.3 Å². The smallest absolute Gasteiger partial charge is 0.251 e. The molecule has 1 aromatic carbocycles. The lowest BCUT2D eigenvalue weighted by Gasteiger charge is -2.23. The van der Waals surface area contributed by atoms with Crippen LogP contribution >= 0.6 is 0 Å². The van der Waals surface area contributed by atoms with Gasteiger partial charge in [0.15, 0.2) is 5.96 Å². The minimum atomic E-state index is -0.104. The quantitative estimate of drug-likeness (QED) is 0.490. The zero-order valence-corrected chi connectivity index (χ0v) is 15.1. The van der Waals surface area contributed by atoms with E-state index in [9.17, 15) is 4.79 Å². The minimum Gasteiger partial charge on any atom is -0.497 e. The number of likely N-dealkylation sites (tertiary alicyclic amines) is 1. The van der Waals surface area contributed by atoms with Crippen LogP contribution in [0, 0.1) is 5.41 Å². The maximum absolute atomic E-state index is 12.1. The lowest BCUT2D eigenvalue weighted by atomic mass is 9.93. The number of rotatable bonds is 5. The Hall–Kier alpha value is -2.24. The van der Waals surface area contributed by atoms with Crippen LogP contribution in [0.2, 0.25) is 0 Å². The molecule has 1 heterocycles. The van der Waals surface area contributed by atoms with Gasteiger partial charge in [-0.15, -0.1) is 0 Å². The van der Waals surface area contributed by atoms with Crippen LogP contribution in [-0.4, -0.2) is 57.1 Å². The summed E-state index contributed by atoms with van der Waals surface area (Å²) in [7, 11) is 3.38. The zero-order valence-electron chi connectivity index (χ0n) is 15.1. The predicted molar refractivity (Wildman–Crippen MR) is 96.7 cm³/mol. The molecule has 132 valence electrons. The van der Waals surface area contributed by atoms with E-state index in [1.165, 1.54) is 6.42 Å². The van der Waals surface area contributed by atoms with Crippen molar-refractivity contribution in [2.75, 3.05) is 40.3 Å². The number of hydrogen-bond acceptors (Lipinski definition) is 3. The number of carbonyl (C=O) groups is 1. The van der Waals surface area contributed by atoms with E-state index in [2.05, 4.69) is 34.4 Å². The molecule has 0 aromatic heterocycles. The zero-order chi connectivity index (χ0) is 17.6. The van der Waals surface area contributed by atoms with E-state index in [0.717, 1.165) is 19.0 Å². The number of ether oxygens (including phenoxy) is 1. The number of amides is 1. The highest BCUT2D eigenvalue weighted by Crippen LogP contribution is 2.28. The van der Waals surface area contributed by atoms with Gasteiger partial charge in [0.25, 0.3) is 5.91 Å². The summed E-state index contributed by atoms with van der Waals surface area (Å²) in [5.41, 5.74) is 0.929. The maximum atomic E-state index is 12.1. The fourth-order valence-corrected chi connectivity index (χ4v) is 2.84. The summed E-state index contributed by atoms with van der Waals surface area (Å²) in [5.74, 6) is 1.47. The second-order valence-corrected chi connectivity index (χ2v) is 6.80. The number of methoxy groups -OCH3 is 1. The van der Waals surface area contributed by atoms with Gasteiger partial charge in [0.2, 0.25) is 0 Å². The molecular formula is C18H28N4O2. The Morgan fingerprint density at radius 2 is 2.08 bits per heavy atom. The van der Waals surface area contributed by atoms with Gasteiger partial charge in [0.05, 0.1) is 7.11 Å². The molecule has 6 nitrogen and oxygen atoms in total. The Morgan fingerprint density at radius 1 is 1.33 bits per heavy atom. The van der Waals surface area contributed by atoms with Crippen LogP contribution in [0.15, 0.2) is 29.3 Å². The monoisotopic (exact) mass is 332 g/mol. The van der Waals surface area contributed by atoms with Crippen molar-refractivity contribution in [2.45, 2.75) is 20.3 Å². The van der Waals surface area contributed by atoms with Gasteiger partial charge < -0.3 is 20.3 Å². The molecule has 24 heavy (non-hydrogen) atoms. The lowest BCUT2D eigenvalue weighted by molar-refractivity contribution is 0.0954. The van der Waals surface area contributed by atoms with Crippen molar-refractivity contribution in [1.82, 2.24) is 15.5 Å². The molecule has 2 rings (SSSR count). The van der Waals surface area contributed by atoms with E-state index in [-0.39, 0.29) is 5.91 Å². The molecule has 0 atom stereocenters. The van der Waals surface area contributed by atoms with Gasteiger partial charge in [-0.2, -0.15) is 0 Å². The van der Waals surface area contributed by atoms with Crippen molar-refractivity contribution in [1.29, 1.82) is 0 Å². The SMILES string of the molecule is CN=C(NCCNC(=O)c1cccc(OC)c1)N1CCC(C)(C)C1. The highest BCUT2D eigenvalue weighted by molar-refractivity contribution is 5.94. The molecule has 0 radical (unpaired) electrons. The summed E-state index contributed by atoms with van der Waals surface area (Å²) < 4.78 is 5.14. The Kier molecular flexibility index (Phi) is 6.06. The van der Waals surface area contributed by atoms with Crippen LogP contribution in [0.4, 0.5) is 0 Å². The fourth-order valence-electron chi connectivity index (χ4n) is 2.84. The average molecular weight is 332 g/mol. The fraction of sp³-hybridized carbons (Fsp3) is 0.556. The molecular weight excluding hydrogens is 304 g/mol. The Labute approximate surface area is 144 Å². The van der Waals surface area contributed by atoms with Crippen molar-refractivity contribution in [3.05, 3.63) is 29.8 Å². The third-order valence-corrected chi connectivity index (χ3v) is 4.21. The molecule has 2 N–H and O–H groups in total. The lowest BCUT2D eigenvalue weighted by Crippen LogP contribution is -2.43. The van der Waals surface area contributed by atoms with Gasteiger partial charge in [-0.3, -0.25) is 9.79 Å². The summed E-state index contributed by atoms with van der Waals surface area (Å²) >= 11 is 0. The summed E-state index contributed by atoms with van der Waals surface area (Å²) in [4.78, 5) is 18.7. The molecule has 1 fully saturated rings. The molecule has 0 spiro atoms. The summed E-state index contributed by atoms with van der Waals surface area (Å²) in [5, 5.41) is 6.22. The van der Waals surface area contributed by atoms with Crippen LogP contribution in [0.1, 0.15) is 30.6 Å². The van der Waals surface area contributed by atoms with Gasteiger partial charge in [0, 0.05) is 38.8 Å². The molecule has 0 unspecified atom stereocenters. The molecule has 1 aliphatic heterocycles. The standard InChI is InChI=1S/C18H28N4O2/c1-18(2)8-11-22(13-18)17(19-3)21-10-9-20-16(23)14-6-5-7-15(12-14)24-4/h5-7,12H,8-11,13H2,1-4H3,(H,19,21)(H,20,23). The Bertz CT molecular complexity index is 598. The number of nitrogens with one attached hydrogen (secondary N) is 2. The number of guanidine groups is 1. The first-order chi connectivity index (χ1) is 11.4. The molecule has 1 saturated heterocycles. The van der Waals surface area contributed by atoms with Gasteiger partial charge in [-0.1, -0.05) is 19.9 Å². The number of aliphatic imine (C=N–C) groups is 1. The highest BCUT2D eigenvalue weighted by Gasteiger charge is 2.30. The Balaban J connectivity index is 1.76. The van der Waals surface area contributed by atoms with Crippen molar-refractivity contribution in [3.8, 4) is 5.75 Å². The van der Waals surface area contributed by atoms with Crippen molar-refractivity contribution in [2.24, 2.45) is 10.4 Å². The van der Waals surface area contributed by atoms with Crippen LogP contribution in [-0.2, 0) is 0 Å². The summed E-state index contributed by atoms with van der Waals surface area (Å²) in [6.45, 7) is 7.74. The third kappa shape index (κ3) is 4.88. The molecule has 1 amide bonds. The van der Waals surface area contributed by atoms with Crippen LogP contribution in [0.25, 0.3) is 0 Å². The second-order valence-electron chi connectivity index (χ2n) is 6.80. The van der Waals surface area contributed by atoms with Gasteiger partial charge in [-0.05, 0) is 30.0 Å². The number of carbonyl (C=O) groups excluding carboxylic acids is 1.